The van der Waals surface area contributed by atoms with Gasteiger partial charge in [0.15, 0.2) is 0 Å². The first-order valence-electron chi connectivity index (χ1n) is 10.4. The van der Waals surface area contributed by atoms with Gasteiger partial charge in [-0.3, -0.25) is 0 Å². The van der Waals surface area contributed by atoms with Crippen molar-refractivity contribution in [3.8, 4) is 22.3 Å². The van der Waals surface area contributed by atoms with Crippen LogP contribution in [0, 0.1) is 12.7 Å². The molecule has 0 aliphatic heterocycles. The van der Waals surface area contributed by atoms with Crippen LogP contribution < -0.4 is 5.73 Å². The minimum absolute atomic E-state index is 0.238. The first kappa shape index (κ1) is 22.4. The Hall–Kier alpha value is -3.24. The minimum atomic E-state index is -0.408. The van der Waals surface area contributed by atoms with Crippen molar-refractivity contribution >= 4 is 5.97 Å². The molecule has 4 heteroatoms. The molecule has 0 radical (unpaired) electrons. The average Bonchev–Trinajstić information content (AvgIpc) is 2.75. The molecule has 0 aliphatic rings. The SMILES string of the molecule is C=C(C)C(=O)OCCc1cc(-c2ccc(-c3ccc(C)cc3)cc2F)ccc1CCN. The summed E-state index contributed by atoms with van der Waals surface area (Å²) in [6, 6.07) is 19.2. The predicted molar refractivity (Wildman–Crippen MR) is 124 cm³/mol. The highest BCUT2D eigenvalue weighted by atomic mass is 19.1. The number of carbonyl (C=O) groups excluding carboxylic acids is 1. The Bertz CT molecular complexity index is 1090. The number of esters is 1. The largest absolute Gasteiger partial charge is 0.462 e. The molecule has 2 N–H and O–H groups in total. The molecule has 0 aliphatic carbocycles. The number of carbonyl (C=O) groups is 1. The predicted octanol–water partition coefficient (Wildman–Crippen LogP) is 5.63. The van der Waals surface area contributed by atoms with Crippen molar-refractivity contribution in [2.45, 2.75) is 26.7 Å². The molecule has 0 saturated heterocycles. The maximum Gasteiger partial charge on any atom is 0.333 e. The Balaban J connectivity index is 1.86. The second kappa shape index (κ2) is 10.2. The molecule has 0 saturated carbocycles. The zero-order valence-corrected chi connectivity index (χ0v) is 18.1. The summed E-state index contributed by atoms with van der Waals surface area (Å²) in [5.41, 5.74) is 12.5. The number of hydrogen-bond donors (Lipinski definition) is 1. The smallest absolute Gasteiger partial charge is 0.333 e. The molecule has 160 valence electrons. The van der Waals surface area contributed by atoms with Gasteiger partial charge in [-0.1, -0.05) is 66.7 Å². The van der Waals surface area contributed by atoms with Gasteiger partial charge in [-0.25, -0.2) is 9.18 Å². The highest BCUT2D eigenvalue weighted by Crippen LogP contribution is 2.30. The highest BCUT2D eigenvalue weighted by Gasteiger charge is 2.12. The second-order valence-electron chi connectivity index (χ2n) is 7.75. The molecule has 0 bridgehead atoms. The van der Waals surface area contributed by atoms with Crippen LogP contribution in [0.3, 0.4) is 0 Å². The molecule has 0 aromatic heterocycles. The van der Waals surface area contributed by atoms with Gasteiger partial charge in [-0.2, -0.15) is 0 Å². The van der Waals surface area contributed by atoms with Crippen LogP contribution in [0.5, 0.6) is 0 Å². The number of ether oxygens (including phenoxy) is 1. The molecular formula is C27H28FNO2. The zero-order chi connectivity index (χ0) is 22.4. The van der Waals surface area contributed by atoms with E-state index >= 15 is 4.39 Å². The summed E-state index contributed by atoms with van der Waals surface area (Å²) >= 11 is 0. The lowest BCUT2D eigenvalue weighted by molar-refractivity contribution is -0.138. The summed E-state index contributed by atoms with van der Waals surface area (Å²) in [5, 5.41) is 0. The van der Waals surface area contributed by atoms with E-state index in [2.05, 4.69) is 6.58 Å². The van der Waals surface area contributed by atoms with Crippen molar-refractivity contribution in [1.29, 1.82) is 0 Å². The Kier molecular flexibility index (Phi) is 7.37. The first-order chi connectivity index (χ1) is 14.9. The quantitative estimate of drug-likeness (QED) is 0.382. The number of hydrogen-bond acceptors (Lipinski definition) is 3. The summed E-state index contributed by atoms with van der Waals surface area (Å²) in [5.74, 6) is -0.682. The van der Waals surface area contributed by atoms with Crippen LogP contribution in [0.2, 0.25) is 0 Å². The number of nitrogens with two attached hydrogens (primary N) is 1. The lowest BCUT2D eigenvalue weighted by Gasteiger charge is -2.13. The summed E-state index contributed by atoms with van der Waals surface area (Å²) in [7, 11) is 0. The Morgan fingerprint density at radius 2 is 1.61 bits per heavy atom. The van der Waals surface area contributed by atoms with E-state index in [0.29, 0.717) is 30.5 Å². The van der Waals surface area contributed by atoms with Crippen LogP contribution in [-0.2, 0) is 22.4 Å². The fourth-order valence-electron chi connectivity index (χ4n) is 3.48. The highest BCUT2D eigenvalue weighted by molar-refractivity contribution is 5.86. The molecule has 3 aromatic rings. The van der Waals surface area contributed by atoms with Crippen LogP contribution in [0.1, 0.15) is 23.6 Å². The van der Waals surface area contributed by atoms with Gasteiger partial charge in [-0.05, 0) is 60.7 Å². The van der Waals surface area contributed by atoms with E-state index in [1.54, 1.807) is 13.0 Å². The van der Waals surface area contributed by atoms with Crippen LogP contribution >= 0.6 is 0 Å². The average molecular weight is 418 g/mol. The van der Waals surface area contributed by atoms with E-state index in [4.69, 9.17) is 10.5 Å². The van der Waals surface area contributed by atoms with Crippen molar-refractivity contribution in [3.05, 3.63) is 95.3 Å². The zero-order valence-electron chi connectivity index (χ0n) is 18.1. The molecule has 3 rings (SSSR count). The summed E-state index contributed by atoms with van der Waals surface area (Å²) in [6.07, 6.45) is 1.24. The van der Waals surface area contributed by atoms with Crippen molar-refractivity contribution < 1.29 is 13.9 Å². The molecule has 0 unspecified atom stereocenters. The van der Waals surface area contributed by atoms with E-state index < -0.39 is 5.97 Å². The number of rotatable bonds is 8. The fraction of sp³-hybridized carbons (Fsp3) is 0.222. The summed E-state index contributed by atoms with van der Waals surface area (Å²) < 4.78 is 20.3. The number of aryl methyl sites for hydroxylation is 1. The topological polar surface area (TPSA) is 52.3 Å². The van der Waals surface area contributed by atoms with Gasteiger partial charge in [0.1, 0.15) is 5.82 Å². The number of halogens is 1. The van der Waals surface area contributed by atoms with E-state index in [0.717, 1.165) is 27.8 Å². The van der Waals surface area contributed by atoms with E-state index in [1.807, 2.05) is 61.5 Å². The van der Waals surface area contributed by atoms with Crippen molar-refractivity contribution in [1.82, 2.24) is 0 Å². The van der Waals surface area contributed by atoms with E-state index in [-0.39, 0.29) is 12.4 Å². The molecule has 3 aromatic carbocycles. The molecule has 0 amide bonds. The maximum atomic E-state index is 15.0. The van der Waals surface area contributed by atoms with Gasteiger partial charge < -0.3 is 10.5 Å². The standard InChI is InChI=1S/C27H28FNO2/c1-18(2)27(30)31-15-13-23-16-24(9-8-21(23)12-14-29)25-11-10-22(17-26(25)28)20-6-4-19(3)5-7-20/h4-11,16-17H,1,12-15,29H2,2-3H3. The fourth-order valence-corrected chi connectivity index (χ4v) is 3.48. The van der Waals surface area contributed by atoms with Gasteiger partial charge in [0, 0.05) is 17.6 Å². The second-order valence-corrected chi connectivity index (χ2v) is 7.75. The monoisotopic (exact) mass is 417 g/mol. The van der Waals surface area contributed by atoms with Gasteiger partial charge in [-0.15, -0.1) is 0 Å². The Morgan fingerprint density at radius 3 is 2.26 bits per heavy atom. The van der Waals surface area contributed by atoms with Gasteiger partial charge in [0.05, 0.1) is 6.61 Å². The lowest BCUT2D eigenvalue weighted by Crippen LogP contribution is -2.11. The first-order valence-corrected chi connectivity index (χ1v) is 10.4. The summed E-state index contributed by atoms with van der Waals surface area (Å²) in [6.45, 7) is 7.98. The van der Waals surface area contributed by atoms with Crippen LogP contribution in [-0.4, -0.2) is 19.1 Å². The van der Waals surface area contributed by atoms with Crippen LogP contribution in [0.15, 0.2) is 72.8 Å². The molecule has 31 heavy (non-hydrogen) atoms. The molecular weight excluding hydrogens is 389 g/mol. The Labute approximate surface area is 183 Å². The lowest BCUT2D eigenvalue weighted by atomic mass is 9.94. The van der Waals surface area contributed by atoms with Crippen LogP contribution in [0.25, 0.3) is 22.3 Å². The third kappa shape index (κ3) is 5.68. The minimum Gasteiger partial charge on any atom is -0.462 e. The van der Waals surface area contributed by atoms with Crippen molar-refractivity contribution in [2.75, 3.05) is 13.2 Å². The summed E-state index contributed by atoms with van der Waals surface area (Å²) in [4.78, 5) is 11.7. The van der Waals surface area contributed by atoms with Crippen molar-refractivity contribution in [3.63, 3.8) is 0 Å². The normalized spacial score (nSPS) is 10.7. The van der Waals surface area contributed by atoms with Gasteiger partial charge in [0.2, 0.25) is 0 Å². The van der Waals surface area contributed by atoms with Gasteiger partial charge >= 0.3 is 5.97 Å². The molecule has 0 heterocycles. The molecule has 0 spiro atoms. The molecule has 0 fully saturated rings. The van der Waals surface area contributed by atoms with Crippen LogP contribution in [0.4, 0.5) is 4.39 Å². The van der Waals surface area contributed by atoms with E-state index in [9.17, 15) is 4.79 Å². The third-order valence-electron chi connectivity index (χ3n) is 5.24. The molecule has 0 atom stereocenters. The Morgan fingerprint density at radius 1 is 0.935 bits per heavy atom. The van der Waals surface area contributed by atoms with Crippen molar-refractivity contribution in [2.24, 2.45) is 5.73 Å². The molecule has 3 nitrogen and oxygen atoms in total. The number of benzene rings is 3. The third-order valence-corrected chi connectivity index (χ3v) is 5.24. The maximum absolute atomic E-state index is 15.0. The van der Waals surface area contributed by atoms with E-state index in [1.165, 1.54) is 5.56 Å². The van der Waals surface area contributed by atoms with Gasteiger partial charge in [0.25, 0.3) is 0 Å².